The van der Waals surface area contributed by atoms with E-state index in [2.05, 4.69) is 52.2 Å². The second-order valence-electron chi connectivity index (χ2n) is 3.98. The molecule has 0 aliphatic carbocycles. The van der Waals surface area contributed by atoms with E-state index in [1.165, 1.54) is 11.3 Å². The van der Waals surface area contributed by atoms with E-state index >= 15 is 0 Å². The monoisotopic (exact) mass is 290 g/mol. The van der Waals surface area contributed by atoms with E-state index in [9.17, 15) is 0 Å². The number of hydrogen-bond donors (Lipinski definition) is 0. The Hall–Kier alpha value is -1.35. The molecular weight excluding hydrogens is 276 g/mol. The number of benzene rings is 1. The third kappa shape index (κ3) is 2.86. The molecule has 17 heavy (non-hydrogen) atoms. The van der Waals surface area contributed by atoms with Crippen molar-refractivity contribution in [2.24, 2.45) is 0 Å². The van der Waals surface area contributed by atoms with E-state index in [0.29, 0.717) is 0 Å². The summed E-state index contributed by atoms with van der Waals surface area (Å²) in [6.07, 6.45) is 4.24. The summed E-state index contributed by atoms with van der Waals surface area (Å²) < 4.78 is 3.10. The Labute approximate surface area is 110 Å². The van der Waals surface area contributed by atoms with E-state index in [1.54, 1.807) is 0 Å². The Morgan fingerprint density at radius 2 is 1.94 bits per heavy atom. The second-order valence-corrected chi connectivity index (χ2v) is 4.77. The Morgan fingerprint density at radius 1 is 1.24 bits per heavy atom. The molecule has 0 aliphatic rings. The van der Waals surface area contributed by atoms with Crippen LogP contribution in [0.5, 0.6) is 0 Å². The summed E-state index contributed by atoms with van der Waals surface area (Å²) in [5, 5.41) is 4.46. The molecule has 0 N–H and O–H groups in total. The van der Waals surface area contributed by atoms with Crippen molar-refractivity contribution < 1.29 is 0 Å². The highest BCUT2D eigenvalue weighted by molar-refractivity contribution is 9.10. The number of hydrogen-bond acceptors (Lipinski definition) is 1. The second kappa shape index (κ2) is 5.32. The minimum atomic E-state index is 0.799. The molecule has 0 unspecified atom stereocenters. The number of halogens is 1. The normalized spacial score (nSPS) is 11.2. The molecule has 0 radical (unpaired) electrons. The highest BCUT2D eigenvalue weighted by atomic mass is 79.9. The van der Waals surface area contributed by atoms with Crippen LogP contribution in [0.1, 0.15) is 17.0 Å². The largest absolute Gasteiger partial charge is 0.265 e. The maximum Gasteiger partial charge on any atom is 0.0738 e. The van der Waals surface area contributed by atoms with Gasteiger partial charge in [0.15, 0.2) is 0 Å². The highest BCUT2D eigenvalue weighted by Gasteiger charge is 2.06. The lowest BCUT2D eigenvalue weighted by atomic mass is 10.2. The van der Waals surface area contributed by atoms with Crippen LogP contribution in [-0.4, -0.2) is 9.78 Å². The molecule has 0 fully saturated rings. The lowest BCUT2D eigenvalue weighted by Gasteiger charge is -1.99. The average molecular weight is 291 g/mol. The fourth-order valence-corrected chi connectivity index (χ4v) is 1.99. The van der Waals surface area contributed by atoms with Gasteiger partial charge in [-0.15, -0.1) is 0 Å². The minimum Gasteiger partial charge on any atom is -0.265 e. The predicted octanol–water partition coefficient (Wildman–Crippen LogP) is 3.98. The van der Waals surface area contributed by atoms with Crippen LogP contribution in [0, 0.1) is 13.8 Å². The Balaban J connectivity index is 2.08. The van der Waals surface area contributed by atoms with Gasteiger partial charge in [-0.3, -0.25) is 4.68 Å². The summed E-state index contributed by atoms with van der Waals surface area (Å²) in [5.41, 5.74) is 3.42. The molecule has 1 heterocycles. The topological polar surface area (TPSA) is 17.8 Å². The van der Waals surface area contributed by atoms with Crippen molar-refractivity contribution in [3.8, 4) is 0 Å². The van der Waals surface area contributed by atoms with Crippen molar-refractivity contribution in [2.75, 3.05) is 0 Å². The first-order chi connectivity index (χ1) is 8.18. The third-order valence-corrected chi connectivity index (χ3v) is 3.83. The molecule has 2 rings (SSSR count). The molecule has 1 aromatic heterocycles. The fourth-order valence-electron chi connectivity index (χ4n) is 1.71. The van der Waals surface area contributed by atoms with Crippen LogP contribution >= 0.6 is 15.9 Å². The van der Waals surface area contributed by atoms with Gasteiger partial charge in [0.25, 0.3) is 0 Å². The zero-order valence-corrected chi connectivity index (χ0v) is 11.6. The number of aromatic nitrogens is 2. The summed E-state index contributed by atoms with van der Waals surface area (Å²) in [7, 11) is 0. The van der Waals surface area contributed by atoms with Crippen molar-refractivity contribution in [2.45, 2.75) is 20.4 Å². The maximum atomic E-state index is 4.46. The van der Waals surface area contributed by atoms with Crippen LogP contribution in [0.4, 0.5) is 0 Å². The standard InChI is InChI=1S/C14H15BrN2/c1-11-14(15)12(2)17(16-11)10-6-9-13-7-4-3-5-8-13/h3-9H,10H2,1-2H3. The van der Waals surface area contributed by atoms with Crippen LogP contribution in [-0.2, 0) is 6.54 Å². The Kier molecular flexibility index (Phi) is 3.79. The molecule has 0 aliphatic heterocycles. The zero-order valence-electron chi connectivity index (χ0n) is 10.0. The van der Waals surface area contributed by atoms with Gasteiger partial charge in [0.2, 0.25) is 0 Å². The van der Waals surface area contributed by atoms with Gasteiger partial charge in [-0.05, 0) is 35.3 Å². The van der Waals surface area contributed by atoms with Crippen molar-refractivity contribution >= 4 is 22.0 Å². The van der Waals surface area contributed by atoms with E-state index in [0.717, 1.165) is 16.7 Å². The van der Waals surface area contributed by atoms with E-state index in [4.69, 9.17) is 0 Å². The molecule has 0 saturated carbocycles. The minimum absolute atomic E-state index is 0.799. The van der Waals surface area contributed by atoms with Gasteiger partial charge in [-0.2, -0.15) is 5.10 Å². The zero-order chi connectivity index (χ0) is 12.3. The Bertz CT molecular complexity index is 527. The maximum absolute atomic E-state index is 4.46. The van der Waals surface area contributed by atoms with Crippen LogP contribution in [0.15, 0.2) is 40.9 Å². The average Bonchev–Trinajstić information content (AvgIpc) is 2.59. The summed E-state index contributed by atoms with van der Waals surface area (Å²) in [6, 6.07) is 10.3. The predicted molar refractivity (Wildman–Crippen MR) is 74.9 cm³/mol. The molecule has 0 atom stereocenters. The van der Waals surface area contributed by atoms with E-state index in [1.807, 2.05) is 29.8 Å². The quantitative estimate of drug-likeness (QED) is 0.836. The smallest absolute Gasteiger partial charge is 0.0738 e. The molecule has 3 heteroatoms. The van der Waals surface area contributed by atoms with Crippen LogP contribution in [0.3, 0.4) is 0 Å². The molecule has 2 aromatic rings. The molecule has 0 saturated heterocycles. The number of rotatable bonds is 3. The summed E-state index contributed by atoms with van der Waals surface area (Å²) >= 11 is 3.53. The van der Waals surface area contributed by atoms with Crippen molar-refractivity contribution in [3.63, 3.8) is 0 Å². The summed E-state index contributed by atoms with van der Waals surface area (Å²) in [4.78, 5) is 0. The molecule has 88 valence electrons. The number of nitrogens with zero attached hydrogens (tertiary/aromatic N) is 2. The third-order valence-electron chi connectivity index (χ3n) is 2.68. The first-order valence-electron chi connectivity index (χ1n) is 5.59. The van der Waals surface area contributed by atoms with Gasteiger partial charge in [0.1, 0.15) is 0 Å². The van der Waals surface area contributed by atoms with Gasteiger partial charge in [0.05, 0.1) is 22.4 Å². The molecule has 2 nitrogen and oxygen atoms in total. The van der Waals surface area contributed by atoms with Gasteiger partial charge in [0, 0.05) is 0 Å². The SMILES string of the molecule is Cc1nn(CC=Cc2ccccc2)c(C)c1Br. The molecule has 0 spiro atoms. The van der Waals surface area contributed by atoms with Crippen molar-refractivity contribution in [3.05, 3.63) is 57.8 Å². The van der Waals surface area contributed by atoms with Crippen LogP contribution in [0.25, 0.3) is 6.08 Å². The van der Waals surface area contributed by atoms with Gasteiger partial charge < -0.3 is 0 Å². The van der Waals surface area contributed by atoms with Gasteiger partial charge >= 0.3 is 0 Å². The molecule has 0 bridgehead atoms. The van der Waals surface area contributed by atoms with E-state index in [-0.39, 0.29) is 0 Å². The first kappa shape index (κ1) is 12.1. The summed E-state index contributed by atoms with van der Waals surface area (Å²) in [6.45, 7) is 4.88. The number of aryl methyl sites for hydroxylation is 1. The molecular formula is C14H15BrN2. The van der Waals surface area contributed by atoms with Gasteiger partial charge in [-0.25, -0.2) is 0 Å². The van der Waals surface area contributed by atoms with Crippen molar-refractivity contribution in [1.82, 2.24) is 9.78 Å². The van der Waals surface area contributed by atoms with E-state index < -0.39 is 0 Å². The molecule has 0 amide bonds. The summed E-state index contributed by atoms with van der Waals surface area (Å²) in [5.74, 6) is 0. The lowest BCUT2D eigenvalue weighted by Crippen LogP contribution is -1.99. The highest BCUT2D eigenvalue weighted by Crippen LogP contribution is 2.19. The molecule has 1 aromatic carbocycles. The lowest BCUT2D eigenvalue weighted by molar-refractivity contribution is 0.673. The fraction of sp³-hybridized carbons (Fsp3) is 0.214. The Morgan fingerprint density at radius 3 is 2.53 bits per heavy atom. The van der Waals surface area contributed by atoms with Crippen molar-refractivity contribution in [1.29, 1.82) is 0 Å². The first-order valence-corrected chi connectivity index (χ1v) is 6.39. The van der Waals surface area contributed by atoms with Gasteiger partial charge in [-0.1, -0.05) is 42.5 Å². The number of allylic oxidation sites excluding steroid dienone is 1. The van der Waals surface area contributed by atoms with Crippen LogP contribution in [0.2, 0.25) is 0 Å². The van der Waals surface area contributed by atoms with Crippen LogP contribution < -0.4 is 0 Å².